The molecule has 10 heteroatoms. The van der Waals surface area contributed by atoms with Crippen LogP contribution in [-0.4, -0.2) is 59.3 Å². The van der Waals surface area contributed by atoms with Gasteiger partial charge in [-0.25, -0.2) is 9.59 Å². The second-order valence-electron chi connectivity index (χ2n) is 9.20. The summed E-state index contributed by atoms with van der Waals surface area (Å²) in [5.74, 6) is -3.28. The second kappa shape index (κ2) is 9.36. The lowest BCUT2D eigenvalue weighted by Gasteiger charge is -2.33. The quantitative estimate of drug-likeness (QED) is 0.464. The second-order valence-corrected chi connectivity index (χ2v) is 9.20. The zero-order valence-corrected chi connectivity index (χ0v) is 19.5. The van der Waals surface area contributed by atoms with Crippen LogP contribution in [0.25, 0.3) is 0 Å². The molecule has 180 valence electrons. The van der Waals surface area contributed by atoms with E-state index in [4.69, 9.17) is 14.2 Å². The van der Waals surface area contributed by atoms with Crippen LogP contribution in [0.4, 0.5) is 4.79 Å². The molecule has 5 atom stereocenters. The van der Waals surface area contributed by atoms with Crippen molar-refractivity contribution >= 4 is 23.9 Å². The van der Waals surface area contributed by atoms with Crippen LogP contribution in [0.3, 0.4) is 0 Å². The summed E-state index contributed by atoms with van der Waals surface area (Å²) >= 11 is 0. The Balaban J connectivity index is 1.92. The van der Waals surface area contributed by atoms with Crippen molar-refractivity contribution in [3.63, 3.8) is 0 Å². The molecule has 0 saturated heterocycles. The van der Waals surface area contributed by atoms with E-state index in [0.717, 1.165) is 0 Å². The molecule has 0 radical (unpaired) electrons. The number of pyridine rings is 1. The topological polar surface area (TPSA) is 133 Å². The van der Waals surface area contributed by atoms with E-state index in [9.17, 15) is 19.2 Å². The van der Waals surface area contributed by atoms with E-state index < -0.39 is 58.9 Å². The highest BCUT2D eigenvalue weighted by atomic mass is 16.6. The predicted octanol–water partition coefficient (Wildman–Crippen LogP) is 1.84. The maximum Gasteiger partial charge on any atom is 0.408 e. The molecule has 2 N–H and O–H groups in total. The van der Waals surface area contributed by atoms with Crippen molar-refractivity contribution < 1.29 is 33.4 Å². The number of amides is 2. The summed E-state index contributed by atoms with van der Waals surface area (Å²) in [6.45, 7) is 8.71. The Labute approximate surface area is 192 Å². The molecule has 1 aromatic rings. The van der Waals surface area contributed by atoms with Crippen molar-refractivity contribution in [1.82, 2.24) is 15.6 Å². The van der Waals surface area contributed by atoms with Gasteiger partial charge in [-0.3, -0.25) is 14.6 Å². The number of fused-ring (bicyclic) bond motifs is 1. The Morgan fingerprint density at radius 3 is 2.39 bits per heavy atom. The number of hydrogen-bond donors (Lipinski definition) is 2. The van der Waals surface area contributed by atoms with Crippen molar-refractivity contribution in [3.05, 3.63) is 30.1 Å². The Kier molecular flexibility index (Phi) is 6.94. The Morgan fingerprint density at radius 1 is 1.12 bits per heavy atom. The minimum atomic E-state index is -1.54. The zero-order valence-electron chi connectivity index (χ0n) is 19.5. The van der Waals surface area contributed by atoms with Crippen molar-refractivity contribution in [2.45, 2.75) is 58.2 Å². The average molecular weight is 462 g/mol. The molecule has 2 aliphatic rings. The highest BCUT2D eigenvalue weighted by molar-refractivity contribution is 5.94. The van der Waals surface area contributed by atoms with E-state index >= 15 is 0 Å². The summed E-state index contributed by atoms with van der Waals surface area (Å²) in [5, 5.41) is 5.56. The SMILES string of the molecule is CCOC(=O)[C@H]1C2C(NC(=O)c3ccccn3)CC(NC(=O)OC(C)(C)C)(C(=O)OCC)C21. The number of alkyl carbamates (subject to hydrolysis) is 1. The van der Waals surface area contributed by atoms with Crippen LogP contribution >= 0.6 is 0 Å². The molecule has 0 aliphatic heterocycles. The first-order valence-electron chi connectivity index (χ1n) is 11.1. The first-order valence-corrected chi connectivity index (χ1v) is 11.1. The van der Waals surface area contributed by atoms with Gasteiger partial charge in [-0.15, -0.1) is 0 Å². The summed E-state index contributed by atoms with van der Waals surface area (Å²) in [6.07, 6.45) is 0.743. The zero-order chi connectivity index (χ0) is 24.4. The first-order chi connectivity index (χ1) is 15.5. The predicted molar refractivity (Wildman–Crippen MR) is 116 cm³/mol. The van der Waals surface area contributed by atoms with Gasteiger partial charge in [0.25, 0.3) is 5.91 Å². The summed E-state index contributed by atoms with van der Waals surface area (Å²) in [6, 6.07) is 4.36. The molecule has 4 unspecified atom stereocenters. The van der Waals surface area contributed by atoms with Crippen molar-refractivity contribution in [2.75, 3.05) is 13.2 Å². The minimum absolute atomic E-state index is 0.0505. The molecule has 2 fully saturated rings. The van der Waals surface area contributed by atoms with E-state index in [0.29, 0.717) is 0 Å². The lowest BCUT2D eigenvalue weighted by atomic mass is 9.88. The Morgan fingerprint density at radius 2 is 1.82 bits per heavy atom. The van der Waals surface area contributed by atoms with Crippen LogP contribution in [-0.2, 0) is 23.8 Å². The van der Waals surface area contributed by atoms with Crippen molar-refractivity contribution in [1.29, 1.82) is 0 Å². The summed E-state index contributed by atoms with van der Waals surface area (Å²) in [4.78, 5) is 55.3. The van der Waals surface area contributed by atoms with E-state index in [1.54, 1.807) is 52.8 Å². The van der Waals surface area contributed by atoms with Gasteiger partial charge in [0.15, 0.2) is 0 Å². The van der Waals surface area contributed by atoms with Gasteiger partial charge in [0.05, 0.1) is 19.1 Å². The monoisotopic (exact) mass is 461 g/mol. The Bertz CT molecular complexity index is 914. The van der Waals surface area contributed by atoms with Crippen LogP contribution in [0.2, 0.25) is 0 Å². The number of carbonyl (C=O) groups is 4. The van der Waals surface area contributed by atoms with E-state index in [-0.39, 0.29) is 25.3 Å². The van der Waals surface area contributed by atoms with Gasteiger partial charge >= 0.3 is 18.0 Å². The van der Waals surface area contributed by atoms with Crippen molar-refractivity contribution in [2.24, 2.45) is 17.8 Å². The van der Waals surface area contributed by atoms with E-state index in [2.05, 4.69) is 15.6 Å². The van der Waals surface area contributed by atoms with Crippen LogP contribution in [0, 0.1) is 17.8 Å². The molecule has 2 amide bonds. The third-order valence-electron chi connectivity index (χ3n) is 5.79. The molecule has 10 nitrogen and oxygen atoms in total. The molecule has 0 spiro atoms. The van der Waals surface area contributed by atoms with Crippen LogP contribution in [0.15, 0.2) is 24.4 Å². The fourth-order valence-electron chi connectivity index (χ4n) is 4.67. The van der Waals surface area contributed by atoms with E-state index in [1.165, 1.54) is 6.20 Å². The molecule has 33 heavy (non-hydrogen) atoms. The van der Waals surface area contributed by atoms with Gasteiger partial charge in [0.2, 0.25) is 0 Å². The number of aromatic nitrogens is 1. The third-order valence-corrected chi connectivity index (χ3v) is 5.79. The number of hydrogen-bond acceptors (Lipinski definition) is 8. The molecular weight excluding hydrogens is 430 g/mol. The lowest BCUT2D eigenvalue weighted by molar-refractivity contribution is -0.153. The van der Waals surface area contributed by atoms with Crippen LogP contribution in [0.1, 0.15) is 51.5 Å². The number of rotatable bonds is 7. The van der Waals surface area contributed by atoms with Gasteiger partial charge in [-0.05, 0) is 52.7 Å². The fraction of sp³-hybridized carbons (Fsp3) is 0.609. The molecule has 0 bridgehead atoms. The lowest BCUT2D eigenvalue weighted by Crippen LogP contribution is -2.59. The smallest absolute Gasteiger partial charge is 0.408 e. The van der Waals surface area contributed by atoms with E-state index in [1.807, 2.05) is 0 Å². The number of esters is 2. The molecule has 1 aromatic heterocycles. The molecule has 2 saturated carbocycles. The van der Waals surface area contributed by atoms with Crippen LogP contribution < -0.4 is 10.6 Å². The highest BCUT2D eigenvalue weighted by Crippen LogP contribution is 2.63. The number of nitrogens with zero attached hydrogens (tertiary/aromatic N) is 1. The summed E-state index contributed by atoms with van der Waals surface area (Å²) < 4.78 is 15.9. The standard InChI is InChI=1S/C23H31N3O7/c1-6-31-19(28)16-15-14(25-18(27)13-10-8-9-11-24-13)12-23(17(15)16,20(29)32-7-2)26-21(30)33-22(3,4)5/h8-11,14-17H,6-7,12H2,1-5H3,(H,25,27)(H,26,30)/t14?,15?,16-,17?,23?/m0/s1. The maximum absolute atomic E-state index is 13.2. The molecule has 3 rings (SSSR count). The summed E-state index contributed by atoms with van der Waals surface area (Å²) in [5.41, 5.74) is -2.13. The highest BCUT2D eigenvalue weighted by Gasteiger charge is 2.76. The number of ether oxygens (including phenoxy) is 3. The van der Waals surface area contributed by atoms with Gasteiger partial charge in [0.1, 0.15) is 16.8 Å². The van der Waals surface area contributed by atoms with Crippen molar-refractivity contribution in [3.8, 4) is 0 Å². The summed E-state index contributed by atoms with van der Waals surface area (Å²) in [7, 11) is 0. The molecule has 2 aliphatic carbocycles. The minimum Gasteiger partial charge on any atom is -0.466 e. The van der Waals surface area contributed by atoms with Crippen LogP contribution in [0.5, 0.6) is 0 Å². The van der Waals surface area contributed by atoms with Gasteiger partial charge in [0, 0.05) is 24.6 Å². The van der Waals surface area contributed by atoms with Gasteiger partial charge in [-0.1, -0.05) is 6.07 Å². The molecule has 0 aromatic carbocycles. The average Bonchev–Trinajstić information content (AvgIpc) is 3.41. The number of nitrogens with one attached hydrogen (secondary N) is 2. The molecular formula is C23H31N3O7. The number of carbonyl (C=O) groups excluding carboxylic acids is 4. The third kappa shape index (κ3) is 5.09. The largest absolute Gasteiger partial charge is 0.466 e. The van der Waals surface area contributed by atoms with Gasteiger partial charge in [-0.2, -0.15) is 0 Å². The molecule has 1 heterocycles. The fourth-order valence-corrected chi connectivity index (χ4v) is 4.67. The first kappa shape index (κ1) is 24.5. The normalized spacial score (nSPS) is 27.7. The van der Waals surface area contributed by atoms with Gasteiger partial charge < -0.3 is 24.8 Å². The Hall–Kier alpha value is -3.17. The maximum atomic E-state index is 13.2.